The molecule has 7 heteroatoms. The molecule has 1 atom stereocenters. The first-order valence-corrected chi connectivity index (χ1v) is 11.3. The lowest BCUT2D eigenvalue weighted by atomic mass is 9.94. The molecule has 1 aliphatic rings. The van der Waals surface area contributed by atoms with Gasteiger partial charge in [-0.3, -0.25) is 4.90 Å². The highest BCUT2D eigenvalue weighted by Crippen LogP contribution is 2.37. The fourth-order valence-electron chi connectivity index (χ4n) is 3.95. The fourth-order valence-corrected chi connectivity index (χ4v) is 4.60. The molecule has 3 heterocycles. The van der Waals surface area contributed by atoms with E-state index in [1.54, 1.807) is 16.2 Å². The molecule has 1 aliphatic heterocycles. The van der Waals surface area contributed by atoms with Crippen LogP contribution < -0.4 is 5.32 Å². The summed E-state index contributed by atoms with van der Waals surface area (Å²) in [5.41, 5.74) is 3.78. The predicted octanol–water partition coefficient (Wildman–Crippen LogP) is 5.54. The number of nitrogens with zero attached hydrogens (tertiary/aromatic N) is 3. The van der Waals surface area contributed by atoms with Gasteiger partial charge in [0.25, 0.3) is 5.89 Å². The van der Waals surface area contributed by atoms with Gasteiger partial charge in [-0.15, -0.1) is 11.3 Å². The lowest BCUT2D eigenvalue weighted by Crippen LogP contribution is -2.46. The van der Waals surface area contributed by atoms with Crippen LogP contribution in [-0.2, 0) is 6.42 Å². The molecule has 0 saturated heterocycles. The fraction of sp³-hybridized carbons (Fsp3) is 0.160. The number of carbonyl (C=O) groups is 1. The van der Waals surface area contributed by atoms with Gasteiger partial charge in [-0.05, 0) is 35.9 Å². The maximum Gasteiger partial charge on any atom is 0.322 e. The third-order valence-corrected chi connectivity index (χ3v) is 6.46. The third kappa shape index (κ3) is 3.94. The maximum absolute atomic E-state index is 13.1. The van der Waals surface area contributed by atoms with Crippen molar-refractivity contribution in [2.24, 2.45) is 0 Å². The van der Waals surface area contributed by atoms with Crippen molar-refractivity contribution in [3.63, 3.8) is 0 Å². The molecule has 32 heavy (non-hydrogen) atoms. The molecular formula is C25H22N4O2S. The molecule has 2 aromatic carbocycles. The average molecular weight is 443 g/mol. The number of aromatic nitrogens is 2. The minimum absolute atomic E-state index is 0.131. The number of benzene rings is 2. The lowest BCUT2D eigenvalue weighted by Gasteiger charge is -2.35. The quantitative estimate of drug-likeness (QED) is 0.426. The molecule has 0 aliphatic carbocycles. The van der Waals surface area contributed by atoms with E-state index in [1.807, 2.05) is 73.0 Å². The number of amides is 2. The molecule has 160 valence electrons. The van der Waals surface area contributed by atoms with E-state index in [0.717, 1.165) is 28.1 Å². The number of allylic oxidation sites excluding steroid dienone is 1. The van der Waals surface area contributed by atoms with Crippen LogP contribution in [-0.4, -0.2) is 27.6 Å². The predicted molar refractivity (Wildman–Crippen MR) is 125 cm³/mol. The summed E-state index contributed by atoms with van der Waals surface area (Å²) in [6.07, 6.45) is 0.749. The topological polar surface area (TPSA) is 71.3 Å². The lowest BCUT2D eigenvalue weighted by molar-refractivity contribution is 0.205. The van der Waals surface area contributed by atoms with Gasteiger partial charge in [-0.25, -0.2) is 4.79 Å². The highest BCUT2D eigenvalue weighted by molar-refractivity contribution is 7.13. The Balaban J connectivity index is 1.54. The van der Waals surface area contributed by atoms with Gasteiger partial charge in [-0.1, -0.05) is 71.9 Å². The van der Waals surface area contributed by atoms with Crippen LogP contribution in [0.15, 0.2) is 88.4 Å². The Hall–Kier alpha value is -3.71. The van der Waals surface area contributed by atoms with Crippen molar-refractivity contribution < 1.29 is 9.32 Å². The molecule has 5 rings (SSSR count). The number of carbonyl (C=O) groups excluding carboxylic acids is 1. The summed E-state index contributed by atoms with van der Waals surface area (Å²) in [6, 6.07) is 23.4. The van der Waals surface area contributed by atoms with Crippen molar-refractivity contribution in [1.82, 2.24) is 20.4 Å². The van der Waals surface area contributed by atoms with E-state index < -0.39 is 0 Å². The second kappa shape index (κ2) is 8.80. The van der Waals surface area contributed by atoms with Crippen LogP contribution in [0.1, 0.15) is 30.0 Å². The van der Waals surface area contributed by atoms with E-state index in [0.29, 0.717) is 18.3 Å². The molecular weight excluding hydrogens is 420 g/mol. The highest BCUT2D eigenvalue weighted by Gasteiger charge is 2.35. The Morgan fingerprint density at radius 3 is 2.50 bits per heavy atom. The zero-order valence-corrected chi connectivity index (χ0v) is 18.4. The molecule has 0 bridgehead atoms. The molecule has 2 aromatic heterocycles. The van der Waals surface area contributed by atoms with Crippen LogP contribution >= 0.6 is 11.3 Å². The van der Waals surface area contributed by atoms with Crippen molar-refractivity contribution in [3.8, 4) is 10.7 Å². The Morgan fingerprint density at radius 2 is 1.78 bits per heavy atom. The normalized spacial score (nSPS) is 16.3. The summed E-state index contributed by atoms with van der Waals surface area (Å²) in [5.74, 6) is 0.972. The first kappa shape index (κ1) is 20.2. The standard InChI is InChI=1S/C25H22N4O2S/c1-17-21(24-27-23(28-31-24)20-13-8-16-32-20)22(19-11-6-3-7-12-19)26-25(30)29(17)15-14-18-9-4-2-5-10-18/h2-13,16,22H,14-15H2,1H3,(H,26,30). The van der Waals surface area contributed by atoms with E-state index in [-0.39, 0.29) is 12.1 Å². The Kier molecular flexibility index (Phi) is 5.56. The summed E-state index contributed by atoms with van der Waals surface area (Å²) < 4.78 is 5.71. The monoisotopic (exact) mass is 442 g/mol. The molecule has 0 fully saturated rings. The number of urea groups is 1. The van der Waals surface area contributed by atoms with Crippen molar-refractivity contribution in [1.29, 1.82) is 0 Å². The van der Waals surface area contributed by atoms with Crippen molar-refractivity contribution >= 4 is 22.9 Å². The van der Waals surface area contributed by atoms with Crippen molar-refractivity contribution in [3.05, 3.63) is 101 Å². The zero-order chi connectivity index (χ0) is 21.9. The highest BCUT2D eigenvalue weighted by atomic mass is 32.1. The number of nitrogens with one attached hydrogen (secondary N) is 1. The summed E-state index contributed by atoms with van der Waals surface area (Å²) in [7, 11) is 0. The van der Waals surface area contributed by atoms with Crippen LogP contribution in [0.3, 0.4) is 0 Å². The number of hydrogen-bond acceptors (Lipinski definition) is 5. The Labute approximate surface area is 190 Å². The van der Waals surface area contributed by atoms with E-state index >= 15 is 0 Å². The minimum atomic E-state index is -0.367. The van der Waals surface area contributed by atoms with Gasteiger partial charge in [0, 0.05) is 12.2 Å². The smallest absolute Gasteiger partial charge is 0.322 e. The van der Waals surface area contributed by atoms with E-state index in [4.69, 9.17) is 4.52 Å². The van der Waals surface area contributed by atoms with Gasteiger partial charge in [0.05, 0.1) is 16.5 Å². The molecule has 1 N–H and O–H groups in total. The second-order valence-electron chi connectivity index (χ2n) is 7.58. The molecule has 0 radical (unpaired) electrons. The Bertz CT molecular complexity index is 1230. The summed E-state index contributed by atoms with van der Waals surface area (Å²) in [6.45, 7) is 2.50. The zero-order valence-electron chi connectivity index (χ0n) is 17.6. The van der Waals surface area contributed by atoms with Gasteiger partial charge >= 0.3 is 6.03 Å². The van der Waals surface area contributed by atoms with Crippen LogP contribution in [0, 0.1) is 0 Å². The van der Waals surface area contributed by atoms with Crippen LogP contribution in [0.4, 0.5) is 4.79 Å². The third-order valence-electron chi connectivity index (χ3n) is 5.59. The number of rotatable bonds is 6. The van der Waals surface area contributed by atoms with Gasteiger partial charge in [0.1, 0.15) is 0 Å². The van der Waals surface area contributed by atoms with E-state index in [1.165, 1.54) is 5.56 Å². The first-order valence-electron chi connectivity index (χ1n) is 10.5. The van der Waals surface area contributed by atoms with E-state index in [2.05, 4.69) is 27.6 Å². The number of hydrogen-bond donors (Lipinski definition) is 1. The minimum Gasteiger partial charge on any atom is -0.334 e. The summed E-state index contributed by atoms with van der Waals surface area (Å²) >= 11 is 1.56. The molecule has 1 unspecified atom stereocenters. The van der Waals surface area contributed by atoms with Crippen LogP contribution in [0.5, 0.6) is 0 Å². The van der Waals surface area contributed by atoms with Gasteiger partial charge < -0.3 is 9.84 Å². The van der Waals surface area contributed by atoms with Crippen molar-refractivity contribution in [2.45, 2.75) is 19.4 Å². The number of thiophene rings is 1. The van der Waals surface area contributed by atoms with Gasteiger partial charge in [0.15, 0.2) is 0 Å². The second-order valence-corrected chi connectivity index (χ2v) is 8.53. The molecule has 0 spiro atoms. The average Bonchev–Trinajstić information content (AvgIpc) is 3.52. The maximum atomic E-state index is 13.1. The first-order chi connectivity index (χ1) is 15.7. The van der Waals surface area contributed by atoms with Gasteiger partial charge in [0.2, 0.25) is 5.82 Å². The Morgan fingerprint density at radius 1 is 1.03 bits per heavy atom. The van der Waals surface area contributed by atoms with Crippen molar-refractivity contribution in [2.75, 3.05) is 6.54 Å². The largest absolute Gasteiger partial charge is 0.334 e. The molecule has 0 saturated carbocycles. The summed E-state index contributed by atoms with van der Waals surface area (Å²) in [4.78, 5) is 20.5. The summed E-state index contributed by atoms with van der Waals surface area (Å²) in [5, 5.41) is 9.32. The van der Waals surface area contributed by atoms with E-state index in [9.17, 15) is 4.79 Å². The molecule has 2 amide bonds. The van der Waals surface area contributed by atoms with Crippen LogP contribution in [0.25, 0.3) is 16.3 Å². The molecule has 6 nitrogen and oxygen atoms in total. The van der Waals surface area contributed by atoms with Crippen LogP contribution in [0.2, 0.25) is 0 Å². The van der Waals surface area contributed by atoms with Gasteiger partial charge in [-0.2, -0.15) is 4.98 Å². The SMILES string of the molecule is CC1=C(c2nc(-c3cccs3)no2)C(c2ccccc2)NC(=O)N1CCc1ccccc1. The molecule has 4 aromatic rings.